The zero-order valence-corrected chi connectivity index (χ0v) is 16.0. The number of hydrogen-bond acceptors (Lipinski definition) is 5. The lowest BCUT2D eigenvalue weighted by atomic mass is 9.91. The molecule has 2 amide bonds. The van der Waals surface area contributed by atoms with Crippen molar-refractivity contribution in [3.63, 3.8) is 0 Å². The first-order valence-electron chi connectivity index (χ1n) is 8.62. The lowest BCUT2D eigenvalue weighted by Crippen LogP contribution is -2.32. The van der Waals surface area contributed by atoms with Crippen molar-refractivity contribution in [2.45, 2.75) is 18.1 Å². The molecule has 0 saturated heterocycles. The summed E-state index contributed by atoms with van der Waals surface area (Å²) in [6.07, 6.45) is -0.0310. The molecular formula is C20H21N3O4S. The molecule has 2 aromatic rings. The second-order valence-electron chi connectivity index (χ2n) is 6.25. The first kappa shape index (κ1) is 21.1. The molecule has 0 heterocycles. The van der Waals surface area contributed by atoms with Gasteiger partial charge in [-0.3, -0.25) is 9.59 Å². The number of sulfone groups is 1. The van der Waals surface area contributed by atoms with E-state index in [1.165, 1.54) is 6.07 Å². The summed E-state index contributed by atoms with van der Waals surface area (Å²) in [7, 11) is -3.49. The number of nitrogens with zero attached hydrogens (tertiary/aromatic N) is 1. The Hall–Kier alpha value is -3.18. The van der Waals surface area contributed by atoms with Gasteiger partial charge in [-0.15, -0.1) is 0 Å². The fourth-order valence-electron chi connectivity index (χ4n) is 2.90. The zero-order valence-electron chi connectivity index (χ0n) is 15.2. The Kier molecular flexibility index (Phi) is 7.29. The number of benzene rings is 2. The predicted octanol–water partition coefficient (Wildman–Crippen LogP) is 1.51. The fourth-order valence-corrected chi connectivity index (χ4v) is 4.34. The summed E-state index contributed by atoms with van der Waals surface area (Å²) in [5.74, 6) is -2.54. The van der Waals surface area contributed by atoms with E-state index in [2.05, 4.69) is 5.32 Å². The summed E-state index contributed by atoms with van der Waals surface area (Å²) in [6, 6.07) is 16.9. The van der Waals surface area contributed by atoms with Gasteiger partial charge in [0, 0.05) is 5.56 Å². The molecule has 28 heavy (non-hydrogen) atoms. The molecule has 8 heteroatoms. The van der Waals surface area contributed by atoms with Gasteiger partial charge in [-0.2, -0.15) is 5.26 Å². The average Bonchev–Trinajstić information content (AvgIpc) is 2.67. The summed E-state index contributed by atoms with van der Waals surface area (Å²) < 4.78 is 25.0. The SMILES string of the molecule is N#CCNC(=O)[C@@H](CCS(=O)(=O)Cc1ccccc1)c1ccccc1C(N)=O. The number of rotatable bonds is 9. The van der Waals surface area contributed by atoms with Gasteiger partial charge in [0.25, 0.3) is 0 Å². The zero-order chi connectivity index (χ0) is 20.6. The van der Waals surface area contributed by atoms with E-state index in [4.69, 9.17) is 11.0 Å². The van der Waals surface area contributed by atoms with Crippen LogP contribution in [0.2, 0.25) is 0 Å². The van der Waals surface area contributed by atoms with Crippen molar-refractivity contribution < 1.29 is 18.0 Å². The van der Waals surface area contributed by atoms with E-state index in [0.717, 1.165) is 0 Å². The van der Waals surface area contributed by atoms with Crippen LogP contribution in [-0.2, 0) is 20.4 Å². The molecule has 1 atom stereocenters. The fraction of sp³-hybridized carbons (Fsp3) is 0.250. The number of hydrogen-bond donors (Lipinski definition) is 2. The summed E-state index contributed by atoms with van der Waals surface area (Å²) in [4.78, 5) is 24.3. The van der Waals surface area contributed by atoms with Crippen molar-refractivity contribution in [3.05, 3.63) is 71.3 Å². The minimum absolute atomic E-state index is 0.0310. The molecule has 0 saturated carbocycles. The van der Waals surface area contributed by atoms with Crippen LogP contribution in [0.25, 0.3) is 0 Å². The van der Waals surface area contributed by atoms with Crippen LogP contribution < -0.4 is 11.1 Å². The van der Waals surface area contributed by atoms with Crippen LogP contribution in [-0.4, -0.2) is 32.5 Å². The first-order valence-corrected chi connectivity index (χ1v) is 10.4. The average molecular weight is 399 g/mol. The monoisotopic (exact) mass is 399 g/mol. The number of primary amides is 1. The smallest absolute Gasteiger partial charge is 0.249 e. The molecule has 0 aliphatic rings. The standard InChI is InChI=1S/C20H21N3O4S/c21-11-12-23-20(25)18(16-8-4-5-9-17(16)19(22)24)10-13-28(26,27)14-15-6-2-1-3-7-15/h1-9,18H,10,12-14H2,(H2,22,24)(H,23,25)/t18-/m0/s1. The minimum atomic E-state index is -3.49. The van der Waals surface area contributed by atoms with Gasteiger partial charge in [-0.1, -0.05) is 48.5 Å². The molecule has 0 aromatic heterocycles. The number of nitriles is 1. The topological polar surface area (TPSA) is 130 Å². The second kappa shape index (κ2) is 9.67. The number of carbonyl (C=O) groups is 2. The van der Waals surface area contributed by atoms with Crippen molar-refractivity contribution >= 4 is 21.7 Å². The van der Waals surface area contributed by atoms with Crippen LogP contribution in [0, 0.1) is 11.3 Å². The Morgan fingerprint density at radius 3 is 2.36 bits per heavy atom. The van der Waals surface area contributed by atoms with Gasteiger partial charge in [0.2, 0.25) is 11.8 Å². The van der Waals surface area contributed by atoms with E-state index in [1.807, 2.05) is 0 Å². The third kappa shape index (κ3) is 5.93. The minimum Gasteiger partial charge on any atom is -0.366 e. The molecule has 146 valence electrons. The third-order valence-electron chi connectivity index (χ3n) is 4.21. The van der Waals surface area contributed by atoms with Gasteiger partial charge < -0.3 is 11.1 Å². The molecule has 0 spiro atoms. The van der Waals surface area contributed by atoms with Gasteiger partial charge in [0.1, 0.15) is 6.54 Å². The highest BCUT2D eigenvalue weighted by Crippen LogP contribution is 2.25. The Morgan fingerprint density at radius 1 is 1.07 bits per heavy atom. The highest BCUT2D eigenvalue weighted by molar-refractivity contribution is 7.90. The van der Waals surface area contributed by atoms with E-state index in [0.29, 0.717) is 11.1 Å². The second-order valence-corrected chi connectivity index (χ2v) is 8.43. The molecular weight excluding hydrogens is 378 g/mol. The number of nitrogens with one attached hydrogen (secondary N) is 1. The van der Waals surface area contributed by atoms with E-state index < -0.39 is 27.6 Å². The van der Waals surface area contributed by atoms with Crippen LogP contribution >= 0.6 is 0 Å². The lowest BCUT2D eigenvalue weighted by molar-refractivity contribution is -0.122. The maximum atomic E-state index is 12.5. The molecule has 0 bridgehead atoms. The van der Waals surface area contributed by atoms with Crippen LogP contribution in [0.1, 0.15) is 33.8 Å². The Bertz CT molecular complexity index is 982. The Labute approximate surface area is 164 Å². The van der Waals surface area contributed by atoms with Gasteiger partial charge in [0.15, 0.2) is 9.84 Å². The van der Waals surface area contributed by atoms with Crippen molar-refractivity contribution in [1.29, 1.82) is 5.26 Å². The van der Waals surface area contributed by atoms with Crippen LogP contribution in [0.4, 0.5) is 0 Å². The van der Waals surface area contributed by atoms with Crippen LogP contribution in [0.5, 0.6) is 0 Å². The number of nitrogens with two attached hydrogens (primary N) is 1. The maximum Gasteiger partial charge on any atom is 0.249 e. The maximum absolute atomic E-state index is 12.5. The Morgan fingerprint density at radius 2 is 1.71 bits per heavy atom. The normalized spacial score (nSPS) is 12.0. The van der Waals surface area contributed by atoms with Gasteiger partial charge in [-0.05, 0) is 23.6 Å². The van der Waals surface area contributed by atoms with Crippen LogP contribution in [0.3, 0.4) is 0 Å². The predicted molar refractivity (Wildman–Crippen MR) is 105 cm³/mol. The van der Waals surface area contributed by atoms with Crippen molar-refractivity contribution in [3.8, 4) is 6.07 Å². The molecule has 2 rings (SSSR count). The van der Waals surface area contributed by atoms with Crippen molar-refractivity contribution in [2.24, 2.45) is 5.73 Å². The third-order valence-corrected chi connectivity index (χ3v) is 5.84. The summed E-state index contributed by atoms with van der Waals surface area (Å²) >= 11 is 0. The lowest BCUT2D eigenvalue weighted by Gasteiger charge is -2.18. The number of amides is 2. The summed E-state index contributed by atoms with van der Waals surface area (Å²) in [6.45, 7) is -0.217. The molecule has 0 aliphatic heterocycles. The number of carbonyl (C=O) groups excluding carboxylic acids is 2. The van der Waals surface area contributed by atoms with E-state index in [-0.39, 0.29) is 30.0 Å². The molecule has 2 aromatic carbocycles. The van der Waals surface area contributed by atoms with Gasteiger partial charge in [-0.25, -0.2) is 8.42 Å². The van der Waals surface area contributed by atoms with Crippen LogP contribution in [0.15, 0.2) is 54.6 Å². The molecule has 0 radical (unpaired) electrons. The van der Waals surface area contributed by atoms with Gasteiger partial charge >= 0.3 is 0 Å². The van der Waals surface area contributed by atoms with E-state index >= 15 is 0 Å². The van der Waals surface area contributed by atoms with E-state index in [1.54, 1.807) is 54.6 Å². The molecule has 0 unspecified atom stereocenters. The van der Waals surface area contributed by atoms with Gasteiger partial charge in [0.05, 0.1) is 23.5 Å². The Balaban J connectivity index is 2.25. The molecule has 7 nitrogen and oxygen atoms in total. The molecule has 0 fully saturated rings. The summed E-state index contributed by atoms with van der Waals surface area (Å²) in [5.41, 5.74) is 6.55. The van der Waals surface area contributed by atoms with Crippen molar-refractivity contribution in [2.75, 3.05) is 12.3 Å². The van der Waals surface area contributed by atoms with E-state index in [9.17, 15) is 18.0 Å². The highest BCUT2D eigenvalue weighted by Gasteiger charge is 2.26. The molecule has 0 aliphatic carbocycles. The van der Waals surface area contributed by atoms with Crippen molar-refractivity contribution in [1.82, 2.24) is 5.32 Å². The first-order chi connectivity index (χ1) is 13.3. The quantitative estimate of drug-likeness (QED) is 0.617. The highest BCUT2D eigenvalue weighted by atomic mass is 32.2. The largest absolute Gasteiger partial charge is 0.366 e. The summed E-state index contributed by atoms with van der Waals surface area (Å²) in [5, 5.41) is 11.1. The molecule has 3 N–H and O–H groups in total.